The van der Waals surface area contributed by atoms with Gasteiger partial charge in [0.25, 0.3) is 0 Å². The molecule has 0 unspecified atom stereocenters. The van der Waals surface area contributed by atoms with E-state index in [1.54, 1.807) is 0 Å². The van der Waals surface area contributed by atoms with Crippen LogP contribution in [0.5, 0.6) is 0 Å². The van der Waals surface area contributed by atoms with Crippen LogP contribution in [0.15, 0.2) is 18.2 Å². The monoisotopic (exact) mass is 219 g/mol. The van der Waals surface area contributed by atoms with Crippen LogP contribution < -0.4 is 5.32 Å². The van der Waals surface area contributed by atoms with E-state index in [9.17, 15) is 9.59 Å². The summed E-state index contributed by atoms with van der Waals surface area (Å²) in [6, 6.07) is 5.74. The molecular weight excluding hydrogens is 206 g/mol. The lowest BCUT2D eigenvalue weighted by Gasteiger charge is -2.17. The highest BCUT2D eigenvalue weighted by Crippen LogP contribution is 2.23. The molecule has 16 heavy (non-hydrogen) atoms. The van der Waals surface area contributed by atoms with Crippen LogP contribution in [0.3, 0.4) is 0 Å². The molecule has 84 valence electrons. The second kappa shape index (κ2) is 4.35. The second-order valence-electron chi connectivity index (χ2n) is 3.82. The first-order valence-corrected chi connectivity index (χ1v) is 5.20. The Hall–Kier alpha value is -1.84. The van der Waals surface area contributed by atoms with E-state index in [0.717, 1.165) is 23.2 Å². The number of aryl methyl sites for hydroxylation is 1. The third kappa shape index (κ3) is 2.39. The molecule has 0 saturated heterocycles. The lowest BCUT2D eigenvalue weighted by molar-refractivity contribution is -0.142. The predicted molar refractivity (Wildman–Crippen MR) is 58.9 cm³/mol. The van der Waals surface area contributed by atoms with E-state index < -0.39 is 0 Å². The predicted octanol–water partition coefficient (Wildman–Crippen LogP) is 1.63. The molecule has 1 aromatic carbocycles. The molecule has 4 heteroatoms. The minimum Gasteiger partial charge on any atom is -0.461 e. The number of hydrogen-bond donors (Lipinski definition) is 1. The summed E-state index contributed by atoms with van der Waals surface area (Å²) in [7, 11) is 0. The Bertz CT molecular complexity index is 440. The molecule has 1 N–H and O–H groups in total. The normalized spacial score (nSPS) is 13.9. The van der Waals surface area contributed by atoms with Crippen LogP contribution in [0.4, 0.5) is 5.69 Å². The van der Waals surface area contributed by atoms with E-state index in [1.807, 2.05) is 18.2 Å². The molecule has 1 aromatic rings. The number of esters is 1. The summed E-state index contributed by atoms with van der Waals surface area (Å²) in [5.74, 6) is -0.265. The van der Waals surface area contributed by atoms with Crippen LogP contribution in [0, 0.1) is 0 Å². The van der Waals surface area contributed by atoms with Gasteiger partial charge in [0, 0.05) is 19.0 Å². The second-order valence-corrected chi connectivity index (χ2v) is 3.82. The van der Waals surface area contributed by atoms with Crippen molar-refractivity contribution < 1.29 is 14.3 Å². The molecule has 1 heterocycles. The molecule has 0 bridgehead atoms. The Kier molecular flexibility index (Phi) is 2.90. The molecule has 0 saturated carbocycles. The Balaban J connectivity index is 2.14. The minimum absolute atomic E-state index is 0.0390. The van der Waals surface area contributed by atoms with Gasteiger partial charge < -0.3 is 10.1 Å². The van der Waals surface area contributed by atoms with Crippen molar-refractivity contribution in [2.45, 2.75) is 26.4 Å². The average molecular weight is 219 g/mol. The largest absolute Gasteiger partial charge is 0.461 e. The zero-order valence-corrected chi connectivity index (χ0v) is 9.08. The molecular formula is C12H13NO3. The van der Waals surface area contributed by atoms with Gasteiger partial charge in [-0.05, 0) is 23.6 Å². The van der Waals surface area contributed by atoms with Crippen molar-refractivity contribution in [1.29, 1.82) is 0 Å². The fourth-order valence-electron chi connectivity index (χ4n) is 1.69. The van der Waals surface area contributed by atoms with Crippen LogP contribution in [0.1, 0.15) is 24.5 Å². The molecule has 1 aliphatic heterocycles. The van der Waals surface area contributed by atoms with Gasteiger partial charge in [-0.1, -0.05) is 12.1 Å². The van der Waals surface area contributed by atoms with E-state index in [-0.39, 0.29) is 18.5 Å². The fourth-order valence-corrected chi connectivity index (χ4v) is 1.69. The van der Waals surface area contributed by atoms with E-state index in [0.29, 0.717) is 6.42 Å². The lowest BCUT2D eigenvalue weighted by Crippen LogP contribution is -2.19. The molecule has 1 aliphatic rings. The zero-order chi connectivity index (χ0) is 11.5. The Morgan fingerprint density at radius 2 is 2.25 bits per heavy atom. The maximum Gasteiger partial charge on any atom is 0.302 e. The molecule has 0 fully saturated rings. The maximum absolute atomic E-state index is 11.2. The highest BCUT2D eigenvalue weighted by Gasteiger charge is 2.14. The van der Waals surface area contributed by atoms with Crippen molar-refractivity contribution in [2.75, 3.05) is 5.32 Å². The Labute approximate surface area is 93.6 Å². The third-order valence-corrected chi connectivity index (χ3v) is 2.51. The molecule has 0 aromatic heterocycles. The molecule has 4 nitrogen and oxygen atoms in total. The number of anilines is 1. The number of benzene rings is 1. The number of rotatable bonds is 2. The van der Waals surface area contributed by atoms with Crippen LogP contribution in [-0.4, -0.2) is 11.9 Å². The molecule has 0 radical (unpaired) electrons. The summed E-state index contributed by atoms with van der Waals surface area (Å²) in [5.41, 5.74) is 2.85. The van der Waals surface area contributed by atoms with Crippen molar-refractivity contribution >= 4 is 17.6 Å². The van der Waals surface area contributed by atoms with Crippen molar-refractivity contribution in [1.82, 2.24) is 0 Å². The van der Waals surface area contributed by atoms with Crippen molar-refractivity contribution in [3.8, 4) is 0 Å². The molecule has 0 atom stereocenters. The number of ether oxygens (including phenoxy) is 1. The van der Waals surface area contributed by atoms with E-state index in [2.05, 4.69) is 5.32 Å². The summed E-state index contributed by atoms with van der Waals surface area (Å²) < 4.78 is 4.89. The maximum atomic E-state index is 11.2. The van der Waals surface area contributed by atoms with Crippen molar-refractivity contribution in [3.63, 3.8) is 0 Å². The molecule has 0 spiro atoms. The first kappa shape index (κ1) is 10.7. The van der Waals surface area contributed by atoms with Crippen LogP contribution >= 0.6 is 0 Å². The van der Waals surface area contributed by atoms with Gasteiger partial charge in [0.15, 0.2) is 0 Å². The Morgan fingerprint density at radius 1 is 1.44 bits per heavy atom. The van der Waals surface area contributed by atoms with Gasteiger partial charge in [-0.15, -0.1) is 0 Å². The summed E-state index contributed by atoms with van der Waals surface area (Å²) in [6.07, 6.45) is 1.31. The molecule has 2 rings (SSSR count). The summed E-state index contributed by atoms with van der Waals surface area (Å²) >= 11 is 0. The number of amides is 1. The van der Waals surface area contributed by atoms with E-state index >= 15 is 0 Å². The zero-order valence-electron chi connectivity index (χ0n) is 9.08. The highest BCUT2D eigenvalue weighted by atomic mass is 16.5. The number of nitrogens with one attached hydrogen (secondary N) is 1. The van der Waals surface area contributed by atoms with Crippen LogP contribution in [0.25, 0.3) is 0 Å². The standard InChI is InChI=1S/C12H13NO3/c1-8(14)16-7-9-2-3-10-4-5-12(15)13-11(10)6-9/h2-3,6H,4-5,7H2,1H3,(H,13,15). The quantitative estimate of drug-likeness (QED) is 0.769. The summed E-state index contributed by atoms with van der Waals surface area (Å²) in [6.45, 7) is 1.62. The number of fused-ring (bicyclic) bond motifs is 1. The molecule has 1 amide bonds. The average Bonchev–Trinajstić information content (AvgIpc) is 2.25. The smallest absolute Gasteiger partial charge is 0.302 e. The van der Waals surface area contributed by atoms with E-state index in [4.69, 9.17) is 4.74 Å². The van der Waals surface area contributed by atoms with Gasteiger partial charge in [-0.3, -0.25) is 9.59 Å². The van der Waals surface area contributed by atoms with Gasteiger partial charge in [0.2, 0.25) is 5.91 Å². The van der Waals surface area contributed by atoms with Crippen LogP contribution in [0.2, 0.25) is 0 Å². The SMILES string of the molecule is CC(=O)OCc1ccc2c(c1)NC(=O)CC2. The van der Waals surface area contributed by atoms with E-state index in [1.165, 1.54) is 6.92 Å². The first-order valence-electron chi connectivity index (χ1n) is 5.20. The minimum atomic E-state index is -0.304. The Morgan fingerprint density at radius 3 is 3.00 bits per heavy atom. The molecule has 0 aliphatic carbocycles. The summed E-state index contributed by atoms with van der Waals surface area (Å²) in [4.78, 5) is 21.9. The number of carbonyl (C=O) groups excluding carboxylic acids is 2. The van der Waals surface area contributed by atoms with Crippen LogP contribution in [-0.2, 0) is 27.4 Å². The van der Waals surface area contributed by atoms with Gasteiger partial charge in [-0.25, -0.2) is 0 Å². The highest BCUT2D eigenvalue weighted by molar-refractivity contribution is 5.93. The van der Waals surface area contributed by atoms with Gasteiger partial charge >= 0.3 is 5.97 Å². The first-order chi connectivity index (χ1) is 7.65. The summed E-state index contributed by atoms with van der Waals surface area (Å²) in [5, 5.41) is 2.81. The lowest BCUT2D eigenvalue weighted by atomic mass is 10.0. The van der Waals surface area contributed by atoms with Crippen molar-refractivity contribution in [3.05, 3.63) is 29.3 Å². The number of carbonyl (C=O) groups is 2. The third-order valence-electron chi connectivity index (χ3n) is 2.51. The van der Waals surface area contributed by atoms with Gasteiger partial charge in [0.1, 0.15) is 6.61 Å². The topological polar surface area (TPSA) is 55.4 Å². The van der Waals surface area contributed by atoms with Crippen molar-refractivity contribution in [2.24, 2.45) is 0 Å². The number of hydrogen-bond acceptors (Lipinski definition) is 3. The van der Waals surface area contributed by atoms with Gasteiger partial charge in [0.05, 0.1) is 0 Å². The fraction of sp³-hybridized carbons (Fsp3) is 0.333. The van der Waals surface area contributed by atoms with Gasteiger partial charge in [-0.2, -0.15) is 0 Å².